The Kier molecular flexibility index (Phi) is 6.91. The second-order valence-electron chi connectivity index (χ2n) is 1.37. The van der Waals surface area contributed by atoms with Crippen molar-refractivity contribution in [2.75, 3.05) is 0 Å². The largest absolute Gasteiger partial charge is 1.00 e. The summed E-state index contributed by atoms with van der Waals surface area (Å²) in [6, 6.07) is 0. The fourth-order valence-corrected chi connectivity index (χ4v) is 0.286. The Morgan fingerprint density at radius 2 is 1.38 bits per heavy atom. The van der Waals surface area contributed by atoms with Crippen molar-refractivity contribution < 1.29 is 32.0 Å². The first-order valence-electron chi connectivity index (χ1n) is 1.99. The molecular formula is C5H7AgO2. The Morgan fingerprint density at radius 3 is 1.38 bits per heavy atom. The summed E-state index contributed by atoms with van der Waals surface area (Å²) in [6.45, 7) is 2.70. The smallest absolute Gasteiger partial charge is 0.334 e. The van der Waals surface area contributed by atoms with Crippen LogP contribution in [0.2, 0.25) is 0 Å². The Hall–Kier alpha value is -0.0497. The Balaban J connectivity index is 0. The molecule has 0 fully saturated rings. The van der Waals surface area contributed by atoms with Crippen LogP contribution in [0.3, 0.4) is 0 Å². The van der Waals surface area contributed by atoms with Gasteiger partial charge >= 0.3 is 22.4 Å². The van der Waals surface area contributed by atoms with Crippen molar-refractivity contribution in [2.45, 2.75) is 13.8 Å². The summed E-state index contributed by atoms with van der Waals surface area (Å²) in [5.41, 5.74) is 0. The predicted octanol–water partition coefficient (Wildman–Crippen LogP) is 0.366. The van der Waals surface area contributed by atoms with E-state index in [9.17, 15) is 9.59 Å². The molecule has 0 bridgehead atoms. The van der Waals surface area contributed by atoms with Crippen molar-refractivity contribution >= 4 is 11.6 Å². The minimum atomic E-state index is -0.187. The maximum atomic E-state index is 9.98. The zero-order valence-corrected chi connectivity index (χ0v) is 6.18. The quantitative estimate of drug-likeness (QED) is 0.372. The van der Waals surface area contributed by atoms with Gasteiger partial charge in [0.05, 0.1) is 0 Å². The first-order valence-corrected chi connectivity index (χ1v) is 1.99. The third-order valence-corrected chi connectivity index (χ3v) is 0.407. The van der Waals surface area contributed by atoms with E-state index in [4.69, 9.17) is 0 Å². The molecule has 0 N–H and O–H groups in total. The van der Waals surface area contributed by atoms with Crippen LogP contribution < -0.4 is 0 Å². The molecule has 0 radical (unpaired) electrons. The van der Waals surface area contributed by atoms with Crippen LogP contribution in [0.1, 0.15) is 13.8 Å². The number of Topliss-reactive ketones (excluding diaryl/α,β-unsaturated/α-hetero) is 2. The Morgan fingerprint density at radius 1 is 1.12 bits per heavy atom. The van der Waals surface area contributed by atoms with Crippen LogP contribution in [0.5, 0.6) is 0 Å². The molecule has 0 saturated heterocycles. The third-order valence-electron chi connectivity index (χ3n) is 0.407. The normalized spacial score (nSPS) is 6.75. The molecule has 0 aliphatic heterocycles. The van der Waals surface area contributed by atoms with E-state index < -0.39 is 0 Å². The number of hydrogen-bond donors (Lipinski definition) is 0. The van der Waals surface area contributed by atoms with Gasteiger partial charge in [-0.3, -0.25) is 6.42 Å². The van der Waals surface area contributed by atoms with E-state index in [1.807, 2.05) is 0 Å². The third kappa shape index (κ3) is 9.34. The fraction of sp³-hybridized carbons (Fsp3) is 0.400. The van der Waals surface area contributed by atoms with Crippen LogP contribution in [-0.2, 0) is 32.0 Å². The zero-order chi connectivity index (χ0) is 5.86. The number of carbonyl (C=O) groups is 2. The van der Waals surface area contributed by atoms with Gasteiger partial charge in [0.25, 0.3) is 0 Å². The first kappa shape index (κ1) is 10.8. The van der Waals surface area contributed by atoms with Gasteiger partial charge in [-0.05, 0) is 13.8 Å². The average Bonchev–Trinajstić information content (AvgIpc) is 1.27. The topological polar surface area (TPSA) is 34.1 Å². The molecule has 0 unspecified atom stereocenters. The maximum Gasteiger partial charge on any atom is 1.00 e. The van der Waals surface area contributed by atoms with Crippen LogP contribution in [0, 0.1) is 6.42 Å². The van der Waals surface area contributed by atoms with Crippen LogP contribution in [0.15, 0.2) is 0 Å². The molecular weight excluding hydrogens is 200 g/mol. The van der Waals surface area contributed by atoms with Gasteiger partial charge in [-0.2, -0.15) is 0 Å². The van der Waals surface area contributed by atoms with Crippen LogP contribution in [-0.4, -0.2) is 11.6 Å². The molecule has 3 heteroatoms. The maximum absolute atomic E-state index is 9.98. The van der Waals surface area contributed by atoms with Crippen molar-refractivity contribution in [1.82, 2.24) is 0 Å². The van der Waals surface area contributed by atoms with Gasteiger partial charge in [0.1, 0.15) is 0 Å². The van der Waals surface area contributed by atoms with Crippen molar-refractivity contribution in [1.29, 1.82) is 0 Å². The second kappa shape index (κ2) is 5.09. The van der Waals surface area contributed by atoms with E-state index in [1.54, 1.807) is 0 Å². The second-order valence-corrected chi connectivity index (χ2v) is 1.37. The molecule has 0 aliphatic rings. The van der Waals surface area contributed by atoms with Crippen molar-refractivity contribution in [3.8, 4) is 0 Å². The molecule has 0 aromatic heterocycles. The Bertz CT molecular complexity index is 86.6. The van der Waals surface area contributed by atoms with E-state index in [0.29, 0.717) is 0 Å². The van der Waals surface area contributed by atoms with Crippen molar-refractivity contribution in [3.05, 3.63) is 6.42 Å². The van der Waals surface area contributed by atoms with Gasteiger partial charge in [-0.1, -0.05) is 0 Å². The van der Waals surface area contributed by atoms with Gasteiger partial charge in [0.15, 0.2) is 0 Å². The van der Waals surface area contributed by atoms with Gasteiger partial charge in [-0.25, -0.2) is 0 Å². The summed E-state index contributed by atoms with van der Waals surface area (Å²) in [6.07, 6.45) is 1.06. The number of rotatable bonds is 2. The van der Waals surface area contributed by atoms with Crippen LogP contribution in [0.25, 0.3) is 0 Å². The Labute approximate surface area is 64.2 Å². The van der Waals surface area contributed by atoms with E-state index in [-0.39, 0.29) is 33.9 Å². The standard InChI is InChI=1S/C5H7O2.Ag/c1-4(6)3-5(2)7;/h3H,1-2H3;/q-1;+1. The summed E-state index contributed by atoms with van der Waals surface area (Å²) in [5, 5.41) is 0. The van der Waals surface area contributed by atoms with Crippen LogP contribution in [0.4, 0.5) is 0 Å². The summed E-state index contributed by atoms with van der Waals surface area (Å²) >= 11 is 0. The molecule has 0 spiro atoms. The molecule has 0 aliphatic carbocycles. The molecule has 0 amide bonds. The molecule has 8 heavy (non-hydrogen) atoms. The van der Waals surface area contributed by atoms with Gasteiger partial charge < -0.3 is 9.59 Å². The molecule has 2 nitrogen and oxygen atoms in total. The summed E-state index contributed by atoms with van der Waals surface area (Å²) in [4.78, 5) is 20.0. The summed E-state index contributed by atoms with van der Waals surface area (Å²) in [5.74, 6) is -0.375. The monoisotopic (exact) mass is 206 g/mol. The van der Waals surface area contributed by atoms with Gasteiger partial charge in [0.2, 0.25) is 0 Å². The first-order chi connectivity index (χ1) is 3.13. The van der Waals surface area contributed by atoms with E-state index >= 15 is 0 Å². The number of ketones is 2. The number of carbonyl (C=O) groups excluding carboxylic acids is 2. The predicted molar refractivity (Wildman–Crippen MR) is 25.7 cm³/mol. The summed E-state index contributed by atoms with van der Waals surface area (Å²) in [7, 11) is 0. The van der Waals surface area contributed by atoms with E-state index in [0.717, 1.165) is 6.42 Å². The molecule has 0 aromatic rings. The molecule has 0 aromatic carbocycles. The van der Waals surface area contributed by atoms with E-state index in [2.05, 4.69) is 0 Å². The summed E-state index contributed by atoms with van der Waals surface area (Å²) < 4.78 is 0. The van der Waals surface area contributed by atoms with Crippen LogP contribution >= 0.6 is 0 Å². The average molecular weight is 207 g/mol. The molecule has 0 rings (SSSR count). The SMILES string of the molecule is CC(=O)[CH-]C(C)=O.[Ag+]. The molecule has 50 valence electrons. The fourth-order valence-electron chi connectivity index (χ4n) is 0.286. The minimum Gasteiger partial charge on any atom is -0.334 e. The van der Waals surface area contributed by atoms with Gasteiger partial charge in [0, 0.05) is 11.6 Å². The molecule has 0 saturated carbocycles. The van der Waals surface area contributed by atoms with Crippen molar-refractivity contribution in [2.24, 2.45) is 0 Å². The number of hydrogen-bond acceptors (Lipinski definition) is 2. The van der Waals surface area contributed by atoms with E-state index in [1.165, 1.54) is 13.8 Å². The molecule has 0 atom stereocenters. The zero-order valence-electron chi connectivity index (χ0n) is 4.70. The van der Waals surface area contributed by atoms with Gasteiger partial charge in [-0.15, -0.1) is 0 Å². The van der Waals surface area contributed by atoms with Crippen molar-refractivity contribution in [3.63, 3.8) is 0 Å². The minimum absolute atomic E-state index is 0. The molecule has 0 heterocycles.